The molecular formula is C12H21NO. The smallest absolute Gasteiger partial charge is 0.176 e. The van der Waals surface area contributed by atoms with E-state index in [0.29, 0.717) is 0 Å². The zero-order valence-electron chi connectivity index (χ0n) is 9.71. The zero-order chi connectivity index (χ0) is 11.0. The van der Waals surface area contributed by atoms with Crippen LogP contribution in [0.25, 0.3) is 0 Å². The minimum absolute atomic E-state index is 0.149. The van der Waals surface area contributed by atoms with Gasteiger partial charge in [0.25, 0.3) is 0 Å². The highest BCUT2D eigenvalue weighted by Gasteiger charge is 2.03. The number of hydrogen-bond donors (Lipinski definition) is 0. The molecule has 0 N–H and O–H groups in total. The van der Waals surface area contributed by atoms with E-state index in [4.69, 9.17) is 0 Å². The van der Waals surface area contributed by atoms with Gasteiger partial charge in [-0.3, -0.25) is 4.79 Å². The molecule has 1 rings (SSSR count). The summed E-state index contributed by atoms with van der Waals surface area (Å²) in [5.74, 6) is 0.149. The number of aryl methyl sites for hydroxylation is 1. The van der Waals surface area contributed by atoms with Crippen LogP contribution in [-0.4, -0.2) is 10.4 Å². The van der Waals surface area contributed by atoms with Crippen LogP contribution in [0.5, 0.6) is 0 Å². The first kappa shape index (κ1) is 12.9. The molecular weight excluding hydrogens is 174 g/mol. The Bertz CT molecular complexity index is 263. The van der Waals surface area contributed by atoms with E-state index in [0.717, 1.165) is 25.1 Å². The van der Waals surface area contributed by atoms with Gasteiger partial charge in [0, 0.05) is 19.7 Å². The first-order valence-corrected chi connectivity index (χ1v) is 5.41. The van der Waals surface area contributed by atoms with E-state index in [-0.39, 0.29) is 5.78 Å². The average molecular weight is 195 g/mol. The Morgan fingerprint density at radius 2 is 2.07 bits per heavy atom. The highest BCUT2D eigenvalue weighted by Crippen LogP contribution is 2.05. The summed E-state index contributed by atoms with van der Waals surface area (Å²) in [5.41, 5.74) is 0.823. The number of carbonyl (C=O) groups excluding carboxylic acids is 1. The number of unbranched alkanes of at least 4 members (excludes halogenated alkanes) is 1. The van der Waals surface area contributed by atoms with E-state index in [1.54, 1.807) is 6.92 Å². The van der Waals surface area contributed by atoms with E-state index in [1.807, 2.05) is 36.7 Å². The second-order valence-electron chi connectivity index (χ2n) is 3.00. The molecule has 1 heterocycles. The van der Waals surface area contributed by atoms with Crippen molar-refractivity contribution < 1.29 is 4.79 Å². The fraction of sp³-hybridized carbons (Fsp3) is 0.583. The van der Waals surface area contributed by atoms with Gasteiger partial charge < -0.3 is 4.57 Å². The molecule has 0 radical (unpaired) electrons. The molecule has 0 fully saturated rings. The molecule has 0 aromatic carbocycles. The van der Waals surface area contributed by atoms with Crippen LogP contribution in [0.2, 0.25) is 0 Å². The Morgan fingerprint density at radius 1 is 1.43 bits per heavy atom. The Morgan fingerprint density at radius 3 is 2.57 bits per heavy atom. The predicted octanol–water partition coefficient (Wildman–Crippen LogP) is 3.52. The lowest BCUT2D eigenvalue weighted by Crippen LogP contribution is -2.05. The van der Waals surface area contributed by atoms with Crippen molar-refractivity contribution in [3.05, 3.63) is 24.0 Å². The number of carbonyl (C=O) groups is 1. The molecule has 0 saturated carbocycles. The van der Waals surface area contributed by atoms with Crippen molar-refractivity contribution in [3.8, 4) is 0 Å². The van der Waals surface area contributed by atoms with Crippen molar-refractivity contribution in [2.75, 3.05) is 0 Å². The van der Waals surface area contributed by atoms with E-state index < -0.39 is 0 Å². The number of aromatic nitrogens is 1. The van der Waals surface area contributed by atoms with Crippen LogP contribution in [0.3, 0.4) is 0 Å². The molecule has 2 nitrogen and oxygen atoms in total. The molecule has 2 heteroatoms. The maximum absolute atomic E-state index is 11.1. The van der Waals surface area contributed by atoms with Crippen LogP contribution in [0.1, 0.15) is 51.0 Å². The standard InChI is InChI=1S/C10H15NO.C2H6/c1-3-4-7-11-8-5-6-10(11)9(2)12;1-2/h5-6,8H,3-4,7H2,1-2H3;1-2H3. The molecule has 1 aromatic heterocycles. The zero-order valence-corrected chi connectivity index (χ0v) is 9.71. The highest BCUT2D eigenvalue weighted by molar-refractivity contribution is 5.92. The molecule has 0 amide bonds. The lowest BCUT2D eigenvalue weighted by molar-refractivity contribution is 0.100. The van der Waals surface area contributed by atoms with Gasteiger partial charge in [-0.15, -0.1) is 0 Å². The second-order valence-corrected chi connectivity index (χ2v) is 3.00. The molecule has 0 spiro atoms. The van der Waals surface area contributed by atoms with Crippen LogP contribution in [0.4, 0.5) is 0 Å². The Balaban J connectivity index is 0.000000791. The van der Waals surface area contributed by atoms with Gasteiger partial charge in [-0.25, -0.2) is 0 Å². The Hall–Kier alpha value is -1.05. The summed E-state index contributed by atoms with van der Waals surface area (Å²) in [6.45, 7) is 8.72. The summed E-state index contributed by atoms with van der Waals surface area (Å²) in [6, 6.07) is 3.80. The summed E-state index contributed by atoms with van der Waals surface area (Å²) >= 11 is 0. The molecule has 0 aliphatic carbocycles. The molecule has 0 atom stereocenters. The maximum Gasteiger partial charge on any atom is 0.176 e. The topological polar surface area (TPSA) is 22.0 Å². The van der Waals surface area contributed by atoms with Gasteiger partial charge >= 0.3 is 0 Å². The van der Waals surface area contributed by atoms with E-state index in [1.165, 1.54) is 0 Å². The Labute approximate surface area is 86.9 Å². The van der Waals surface area contributed by atoms with Crippen molar-refractivity contribution in [2.45, 2.75) is 47.1 Å². The number of ketones is 1. The minimum atomic E-state index is 0.149. The third kappa shape index (κ3) is 3.77. The number of hydrogen-bond acceptors (Lipinski definition) is 1. The number of rotatable bonds is 4. The molecule has 0 unspecified atom stereocenters. The Kier molecular flexibility index (Phi) is 6.81. The SMILES string of the molecule is CC.CCCCn1cccc1C(C)=O. The van der Waals surface area contributed by atoms with Crippen molar-refractivity contribution in [1.29, 1.82) is 0 Å². The monoisotopic (exact) mass is 195 g/mol. The number of nitrogens with zero attached hydrogens (tertiary/aromatic N) is 1. The summed E-state index contributed by atoms with van der Waals surface area (Å²) in [4.78, 5) is 11.1. The van der Waals surface area contributed by atoms with Gasteiger partial charge in [-0.1, -0.05) is 27.2 Å². The molecule has 14 heavy (non-hydrogen) atoms. The molecule has 0 bridgehead atoms. The fourth-order valence-corrected chi connectivity index (χ4v) is 1.26. The largest absolute Gasteiger partial charge is 0.345 e. The van der Waals surface area contributed by atoms with Gasteiger partial charge in [0.2, 0.25) is 0 Å². The van der Waals surface area contributed by atoms with Gasteiger partial charge in [0.15, 0.2) is 5.78 Å². The summed E-state index contributed by atoms with van der Waals surface area (Å²) in [6.07, 6.45) is 4.26. The van der Waals surface area contributed by atoms with Crippen LogP contribution in [0, 0.1) is 0 Å². The summed E-state index contributed by atoms with van der Waals surface area (Å²) in [7, 11) is 0. The van der Waals surface area contributed by atoms with Gasteiger partial charge in [0.05, 0.1) is 5.69 Å². The van der Waals surface area contributed by atoms with Crippen molar-refractivity contribution in [1.82, 2.24) is 4.57 Å². The molecule has 0 aliphatic heterocycles. The normalized spacial score (nSPS) is 9.14. The van der Waals surface area contributed by atoms with Crippen LogP contribution in [0.15, 0.2) is 18.3 Å². The molecule has 1 aromatic rings. The van der Waals surface area contributed by atoms with Crippen molar-refractivity contribution in [3.63, 3.8) is 0 Å². The van der Waals surface area contributed by atoms with E-state index in [2.05, 4.69) is 6.92 Å². The fourth-order valence-electron chi connectivity index (χ4n) is 1.26. The van der Waals surface area contributed by atoms with Crippen LogP contribution in [-0.2, 0) is 6.54 Å². The van der Waals surface area contributed by atoms with Gasteiger partial charge in [0.1, 0.15) is 0 Å². The lowest BCUT2D eigenvalue weighted by atomic mass is 10.3. The van der Waals surface area contributed by atoms with E-state index in [9.17, 15) is 4.79 Å². The molecule has 0 aliphatic rings. The number of Topliss-reactive ketones (excluding diaryl/α,β-unsaturated/α-hetero) is 1. The summed E-state index contributed by atoms with van der Waals surface area (Å²) < 4.78 is 2.02. The van der Waals surface area contributed by atoms with Gasteiger partial charge in [-0.05, 0) is 18.6 Å². The first-order chi connectivity index (χ1) is 6.75. The van der Waals surface area contributed by atoms with E-state index >= 15 is 0 Å². The van der Waals surface area contributed by atoms with Crippen molar-refractivity contribution in [2.24, 2.45) is 0 Å². The predicted molar refractivity (Wildman–Crippen MR) is 60.7 cm³/mol. The van der Waals surface area contributed by atoms with Crippen LogP contribution >= 0.6 is 0 Å². The average Bonchev–Trinajstić information content (AvgIpc) is 2.66. The minimum Gasteiger partial charge on any atom is -0.345 e. The third-order valence-corrected chi connectivity index (χ3v) is 1.94. The lowest BCUT2D eigenvalue weighted by Gasteiger charge is -2.04. The quantitative estimate of drug-likeness (QED) is 0.674. The third-order valence-electron chi connectivity index (χ3n) is 1.94. The molecule has 80 valence electrons. The molecule has 0 saturated heterocycles. The van der Waals surface area contributed by atoms with Gasteiger partial charge in [-0.2, -0.15) is 0 Å². The highest BCUT2D eigenvalue weighted by atomic mass is 16.1. The van der Waals surface area contributed by atoms with Crippen molar-refractivity contribution >= 4 is 5.78 Å². The second kappa shape index (κ2) is 7.36. The first-order valence-electron chi connectivity index (χ1n) is 5.41. The maximum atomic E-state index is 11.1. The summed E-state index contributed by atoms with van der Waals surface area (Å²) in [5, 5.41) is 0. The van der Waals surface area contributed by atoms with Crippen LogP contribution < -0.4 is 0 Å².